The average Bonchev–Trinajstić information content (AvgIpc) is 0.812. The molecule has 0 bridgehead atoms. The highest BCUT2D eigenvalue weighted by Gasteiger charge is 2.21. The monoisotopic (exact) mass is 1520 g/mol. The number of likely N-dealkylation sites (N-methyl/N-ethyl adjacent to an activating group) is 3. The van der Waals surface area contributed by atoms with Crippen LogP contribution in [0.15, 0.2) is 149 Å². The summed E-state index contributed by atoms with van der Waals surface area (Å²) in [4.78, 5) is 92.1. The molecule has 18 nitrogen and oxygen atoms in total. The number of halogens is 6. The zero-order chi connectivity index (χ0) is 70.3. The summed E-state index contributed by atoms with van der Waals surface area (Å²) >= 11 is 10.1. The van der Waals surface area contributed by atoms with Gasteiger partial charge in [0.1, 0.15) is 34.7 Å². The smallest absolute Gasteiger partial charge is 0.410 e. The molecule has 3 aromatic heterocycles. The van der Waals surface area contributed by atoms with Gasteiger partial charge in [-0.3, -0.25) is 37.7 Å². The molecular weight excluding hydrogens is 1440 g/mol. The first-order valence-electron chi connectivity index (χ1n) is 30.2. The summed E-state index contributed by atoms with van der Waals surface area (Å²) in [7, 11) is 16.7. The molecule has 6 aromatic carbocycles. The highest BCUT2D eigenvalue weighted by atomic mass is 79.9. The second-order valence-corrected chi connectivity index (χ2v) is 26.0. The molecule has 0 aliphatic heterocycles. The van der Waals surface area contributed by atoms with Crippen molar-refractivity contribution >= 4 is 116 Å². The van der Waals surface area contributed by atoms with Crippen LogP contribution in [0.3, 0.4) is 0 Å². The van der Waals surface area contributed by atoms with E-state index >= 15 is 0 Å². The fourth-order valence-electron chi connectivity index (χ4n) is 8.79. The first-order chi connectivity index (χ1) is 44.9. The van der Waals surface area contributed by atoms with Crippen LogP contribution in [0.1, 0.15) is 85.1 Å². The molecule has 2 amide bonds. The van der Waals surface area contributed by atoms with Gasteiger partial charge in [-0.15, -0.1) is 18.8 Å². The zero-order valence-electron chi connectivity index (χ0n) is 56.2. The van der Waals surface area contributed by atoms with Crippen molar-refractivity contribution in [2.75, 3.05) is 73.8 Å². The third-order valence-corrected chi connectivity index (χ3v) is 15.5. The molecule has 96 heavy (non-hydrogen) atoms. The number of ketones is 1. The van der Waals surface area contributed by atoms with Gasteiger partial charge in [-0.25, -0.2) is 28.5 Å². The number of carbonyl (C=O) groups is 3. The third-order valence-electron chi connectivity index (χ3n) is 14.0. The molecule has 0 aliphatic carbocycles. The predicted octanol–water partition coefficient (Wildman–Crippen LogP) is 12.3. The fraction of sp³-hybridized carbons (Fsp3) is 0.319. The van der Waals surface area contributed by atoms with Gasteiger partial charge in [-0.05, 0) is 165 Å². The number of fused-ring (bicyclic) bond motifs is 3. The van der Waals surface area contributed by atoms with Crippen LogP contribution >= 0.6 is 60.2 Å². The minimum absolute atomic E-state index is 0. The van der Waals surface area contributed by atoms with Crippen molar-refractivity contribution < 1.29 is 27.9 Å². The van der Waals surface area contributed by atoms with Crippen LogP contribution in [0.4, 0.5) is 19.3 Å². The first-order valence-corrected chi connectivity index (χ1v) is 32.6. The van der Waals surface area contributed by atoms with E-state index in [2.05, 4.69) is 101 Å². The molecule has 9 aromatic rings. The highest BCUT2D eigenvalue weighted by molar-refractivity contribution is 9.11. The molecule has 9 rings (SSSR count). The van der Waals surface area contributed by atoms with Crippen LogP contribution in [-0.4, -0.2) is 135 Å². The normalized spacial score (nSPS) is 10.7. The summed E-state index contributed by atoms with van der Waals surface area (Å²) < 4.78 is 38.2. The Morgan fingerprint density at radius 1 is 0.594 bits per heavy atom. The van der Waals surface area contributed by atoms with Crippen LogP contribution < -0.4 is 27.3 Å². The Balaban J connectivity index is 0.000000263. The molecular formula is C72H81Br3ClF2N11O7. The number of hydrogen-bond acceptors (Lipinski definition) is 13. The van der Waals surface area contributed by atoms with Crippen LogP contribution in [0.25, 0.3) is 32.7 Å². The van der Waals surface area contributed by atoms with Gasteiger partial charge in [0.25, 0.3) is 16.7 Å². The number of benzene rings is 6. The van der Waals surface area contributed by atoms with Gasteiger partial charge in [0, 0.05) is 122 Å². The Morgan fingerprint density at radius 2 is 1.02 bits per heavy atom. The second kappa shape index (κ2) is 38.5. The lowest BCUT2D eigenvalue weighted by molar-refractivity contribution is -0.116. The van der Waals surface area contributed by atoms with Gasteiger partial charge in [0.15, 0.2) is 5.78 Å². The second-order valence-electron chi connectivity index (χ2n) is 23.3. The van der Waals surface area contributed by atoms with E-state index in [1.165, 1.54) is 29.2 Å². The molecule has 0 saturated carbocycles. The van der Waals surface area contributed by atoms with Crippen molar-refractivity contribution in [1.29, 1.82) is 0 Å². The van der Waals surface area contributed by atoms with Crippen LogP contribution in [0.5, 0.6) is 0 Å². The SMILES string of the molecule is C#Cc1cccc(F)c1.CCC(=O)c1ccc(Br)cc1NC(=O)CCN(C)C(=O)OC(C)(C)C.CN(C)CCc1nc2cc(Br)ccc2c(=O)n1C.CN(C)CCc1nc2cc(C#Cc3cccc(F)c3)ccc2c(=O)n1C.CNCCc1nc2cc(Br)ccc2c(=O)n1C.Cl. The Kier molecular flexibility index (Phi) is 32.1. The standard InChI is InChI=1S/C21H20FN3O.C18H25BrN2O4.C13H16BrN3O.C12H14BrN3O.C8H5F.ClH/c1-24(2)12-11-20-23-19-14-16(9-10-18(19)21(26)25(20)3)8-7-15-5-4-6-17(22)13-15;1-6-15(22)13-8-7-12(19)11-14(13)20-16(23)9-10-21(5)17(24)25-18(2,3)4;1-16(2)7-6-12-15-11-8-9(14)4-5-10(11)13(18)17(12)3;1-14-6-5-11-15-10-7-8(13)3-4-9(10)12(17)16(11)2;1-2-7-4-3-5-8(9)6-7;/h4-6,9-10,13-14H,11-12H2,1-3H3;7-8,11H,6,9-10H2,1-5H3,(H,20,23);4-5,8H,6-7H2,1-3H3;3-4,7,14H,5-6H2,1-2H3;1,3-6H;1H. The van der Waals surface area contributed by atoms with Crippen LogP contribution in [0.2, 0.25) is 0 Å². The minimum atomic E-state index is -0.584. The summed E-state index contributed by atoms with van der Waals surface area (Å²) in [5.74, 6) is 9.71. The summed E-state index contributed by atoms with van der Waals surface area (Å²) in [6.07, 6.45) is 7.17. The Bertz CT molecular complexity index is 4500. The van der Waals surface area contributed by atoms with E-state index in [4.69, 9.17) is 11.2 Å². The lowest BCUT2D eigenvalue weighted by Gasteiger charge is -2.24. The predicted molar refractivity (Wildman–Crippen MR) is 393 cm³/mol. The molecule has 0 radical (unpaired) electrons. The van der Waals surface area contributed by atoms with Crippen molar-refractivity contribution in [2.24, 2.45) is 21.1 Å². The van der Waals surface area contributed by atoms with Gasteiger partial charge >= 0.3 is 6.09 Å². The fourth-order valence-corrected chi connectivity index (χ4v) is 9.84. The number of hydrogen-bond donors (Lipinski definition) is 2. The molecule has 0 atom stereocenters. The topological polar surface area (TPSA) is 199 Å². The molecule has 0 saturated heterocycles. The van der Waals surface area contributed by atoms with Crippen LogP contribution in [0, 0.1) is 35.8 Å². The van der Waals surface area contributed by atoms with Gasteiger partial charge in [0.2, 0.25) is 5.91 Å². The van der Waals surface area contributed by atoms with E-state index in [1.807, 2.05) is 71.6 Å². The number of anilines is 1. The van der Waals surface area contributed by atoms with E-state index in [0.29, 0.717) is 56.9 Å². The molecule has 0 aliphatic rings. The maximum Gasteiger partial charge on any atom is 0.410 e. The molecule has 0 unspecified atom stereocenters. The maximum absolute atomic E-state index is 13.2. The number of nitrogens with zero attached hydrogens (tertiary/aromatic N) is 9. The van der Waals surface area contributed by atoms with Gasteiger partial charge in [-0.1, -0.05) is 84.6 Å². The van der Waals surface area contributed by atoms with E-state index in [0.717, 1.165) is 80.0 Å². The molecule has 0 spiro atoms. The number of nitrogens with one attached hydrogen (secondary N) is 2. The van der Waals surface area contributed by atoms with Crippen molar-refractivity contribution in [3.8, 4) is 24.2 Å². The van der Waals surface area contributed by atoms with E-state index in [9.17, 15) is 37.5 Å². The Labute approximate surface area is 590 Å². The Morgan fingerprint density at radius 3 is 1.46 bits per heavy atom. The molecule has 0 fully saturated rings. The average molecular weight is 1530 g/mol. The lowest BCUT2D eigenvalue weighted by atomic mass is 10.1. The zero-order valence-corrected chi connectivity index (χ0v) is 61.7. The molecule has 3 heterocycles. The van der Waals surface area contributed by atoms with E-state index in [1.54, 1.807) is 130 Å². The largest absolute Gasteiger partial charge is 0.444 e. The maximum atomic E-state index is 13.2. The third kappa shape index (κ3) is 25.1. The number of aromatic nitrogens is 6. The van der Waals surface area contributed by atoms with Crippen LogP contribution in [-0.2, 0) is 49.9 Å². The molecule has 2 N–H and O–H groups in total. The number of ether oxygens (including phenoxy) is 1. The lowest BCUT2D eigenvalue weighted by Crippen LogP contribution is -2.35. The van der Waals surface area contributed by atoms with E-state index in [-0.39, 0.29) is 65.4 Å². The first kappa shape index (κ1) is 80.2. The highest BCUT2D eigenvalue weighted by Crippen LogP contribution is 2.24. The number of terminal acetylenes is 1. The summed E-state index contributed by atoms with van der Waals surface area (Å²) in [6.45, 7) is 9.82. The molecule has 508 valence electrons. The minimum Gasteiger partial charge on any atom is -0.444 e. The number of carbonyl (C=O) groups excluding carboxylic acids is 3. The molecule has 24 heteroatoms. The van der Waals surface area contributed by atoms with Crippen molar-refractivity contribution in [3.63, 3.8) is 0 Å². The number of rotatable bonds is 15. The quantitative estimate of drug-likeness (QED) is 0.0726. The van der Waals surface area contributed by atoms with Crippen molar-refractivity contribution in [1.82, 2.24) is 48.7 Å². The summed E-state index contributed by atoms with van der Waals surface area (Å²) in [5, 5.41) is 7.68. The summed E-state index contributed by atoms with van der Waals surface area (Å²) in [5.41, 5.74) is 4.36. The van der Waals surface area contributed by atoms with Crippen molar-refractivity contribution in [3.05, 3.63) is 217 Å². The van der Waals surface area contributed by atoms with E-state index < -0.39 is 11.7 Å². The van der Waals surface area contributed by atoms with Gasteiger partial charge in [-0.2, -0.15) is 0 Å². The number of Topliss-reactive ketones (excluding diaryl/α,β-unsaturated/α-hetero) is 1. The van der Waals surface area contributed by atoms with Crippen molar-refractivity contribution in [2.45, 2.75) is 65.4 Å². The summed E-state index contributed by atoms with van der Waals surface area (Å²) in [6, 6.07) is 33.7. The Hall–Kier alpha value is -8.26. The van der Waals surface area contributed by atoms with Gasteiger partial charge in [0.05, 0.1) is 38.4 Å². The number of amides is 2. The van der Waals surface area contributed by atoms with Gasteiger partial charge < -0.3 is 30.1 Å².